The molecule has 0 aliphatic carbocycles. The van der Waals surface area contributed by atoms with Crippen LogP contribution < -0.4 is 16.6 Å². The summed E-state index contributed by atoms with van der Waals surface area (Å²) in [6, 6.07) is -1.32. The van der Waals surface area contributed by atoms with E-state index in [1.807, 2.05) is 5.32 Å². The predicted octanol–water partition coefficient (Wildman–Crippen LogP) is -1.18. The van der Waals surface area contributed by atoms with Crippen LogP contribution in [0.25, 0.3) is 0 Å². The fourth-order valence-corrected chi connectivity index (χ4v) is 3.37. The van der Waals surface area contributed by atoms with Crippen LogP contribution in [0.3, 0.4) is 0 Å². The van der Waals surface area contributed by atoms with Gasteiger partial charge in [0.25, 0.3) is 5.56 Å². The van der Waals surface area contributed by atoms with E-state index in [1.54, 1.807) is 0 Å². The van der Waals surface area contributed by atoms with Gasteiger partial charge in [-0.2, -0.15) is 4.39 Å². The molecule has 0 aliphatic heterocycles. The first-order chi connectivity index (χ1) is 10.5. The molecule has 13 heteroatoms. The molecule has 0 fully saturated rings. The number of hydrogen-bond acceptors (Lipinski definition) is 8. The normalized spacial score (nSPS) is 12.5. The average molecular weight is 369 g/mol. The lowest BCUT2D eigenvalue weighted by Gasteiger charge is -2.15. The first kappa shape index (κ1) is 18.9. The monoisotopic (exact) mass is 369 g/mol. The zero-order valence-corrected chi connectivity index (χ0v) is 13.5. The Hall–Kier alpha value is -2.15. The maximum Gasteiger partial charge on any atom is 0.340 e. The van der Waals surface area contributed by atoms with Crippen LogP contribution in [0.15, 0.2) is 15.8 Å². The van der Waals surface area contributed by atoms with E-state index in [-0.39, 0.29) is 22.0 Å². The molecule has 1 rings (SSSR count). The molecule has 1 aromatic rings. The summed E-state index contributed by atoms with van der Waals surface area (Å²) in [5.74, 6) is -2.49. The molecule has 0 aromatic carbocycles. The van der Waals surface area contributed by atoms with Gasteiger partial charge in [-0.05, 0) is 6.92 Å². The number of hydrogen-bond donors (Lipinski definition) is 2. The number of carbonyl (C=O) groups excluding carboxylic acids is 2. The summed E-state index contributed by atoms with van der Waals surface area (Å²) in [4.78, 5) is 47.4. The second-order valence-corrected chi connectivity index (χ2v) is 8.45. The zero-order chi connectivity index (χ0) is 17.8. The van der Waals surface area contributed by atoms with E-state index in [9.17, 15) is 32.0 Å². The van der Waals surface area contributed by atoms with Gasteiger partial charge < -0.3 is 10.1 Å². The summed E-state index contributed by atoms with van der Waals surface area (Å²) in [6.07, 6.45) is 1.10. The summed E-state index contributed by atoms with van der Waals surface area (Å²) in [5.41, 5.74) is -2.59. The largest absolute Gasteiger partial charge is 0.464 e. The van der Waals surface area contributed by atoms with Crippen LogP contribution in [0.1, 0.15) is 6.92 Å². The quantitative estimate of drug-likeness (QED) is 0.375. The van der Waals surface area contributed by atoms with Crippen molar-refractivity contribution in [1.82, 2.24) is 14.9 Å². The average Bonchev–Trinajstić information content (AvgIpc) is 2.40. The molecule has 23 heavy (non-hydrogen) atoms. The minimum absolute atomic E-state index is 0.0708. The Morgan fingerprint density at radius 2 is 2.09 bits per heavy atom. The number of aromatic amines is 1. The highest BCUT2D eigenvalue weighted by atomic mass is 33.1. The van der Waals surface area contributed by atoms with Crippen LogP contribution in [0.2, 0.25) is 0 Å². The summed E-state index contributed by atoms with van der Waals surface area (Å²) < 4.78 is 40.4. The summed E-state index contributed by atoms with van der Waals surface area (Å²) in [5, 5.41) is 0.225. The highest BCUT2D eigenvalue weighted by molar-refractivity contribution is 8.72. The number of rotatable bonds is 5. The fourth-order valence-electron chi connectivity index (χ4n) is 1.30. The van der Waals surface area contributed by atoms with Crippen LogP contribution in [-0.2, 0) is 18.4 Å². The third-order valence-electron chi connectivity index (χ3n) is 2.14. The van der Waals surface area contributed by atoms with Crippen molar-refractivity contribution in [3.8, 4) is 0 Å². The van der Waals surface area contributed by atoms with Crippen molar-refractivity contribution in [2.24, 2.45) is 0 Å². The van der Waals surface area contributed by atoms with Crippen LogP contribution >= 0.6 is 10.8 Å². The predicted molar refractivity (Wildman–Crippen MR) is 78.1 cm³/mol. The molecule has 1 unspecified atom stereocenters. The van der Waals surface area contributed by atoms with E-state index < -0.39 is 43.3 Å². The third-order valence-corrected chi connectivity index (χ3v) is 4.62. The van der Waals surface area contributed by atoms with Gasteiger partial charge in [0.15, 0.2) is 5.37 Å². The highest BCUT2D eigenvalue weighted by Crippen LogP contribution is 2.17. The minimum atomic E-state index is -3.76. The van der Waals surface area contributed by atoms with Crippen molar-refractivity contribution in [3.05, 3.63) is 32.9 Å². The van der Waals surface area contributed by atoms with Crippen molar-refractivity contribution < 1.29 is 27.1 Å². The first-order valence-corrected chi connectivity index (χ1v) is 9.21. The summed E-state index contributed by atoms with van der Waals surface area (Å²) in [6.45, 7) is 1.38. The van der Waals surface area contributed by atoms with E-state index >= 15 is 0 Å². The summed E-state index contributed by atoms with van der Waals surface area (Å²) in [7, 11) is -3.69. The Balaban J connectivity index is 3.10. The molecule has 2 N–H and O–H groups in total. The molecule has 10 nitrogen and oxygen atoms in total. The molecule has 128 valence electrons. The van der Waals surface area contributed by atoms with Gasteiger partial charge in [0.05, 0.1) is 12.8 Å². The van der Waals surface area contributed by atoms with Crippen molar-refractivity contribution in [2.45, 2.75) is 12.3 Å². The van der Waals surface area contributed by atoms with Crippen molar-refractivity contribution in [2.75, 3.05) is 12.9 Å². The molecule has 1 amide bonds. The van der Waals surface area contributed by atoms with Crippen molar-refractivity contribution >= 4 is 31.7 Å². The van der Waals surface area contributed by atoms with E-state index in [4.69, 9.17) is 0 Å². The number of esters is 1. The topological polar surface area (TPSA) is 144 Å². The standard InChI is InChI=1S/C10H12FN3O7S2/c1-3-21-8(16)7(22-23(2,19)20)13-10(18)14-4-5(11)6(15)12-9(14)17/h4,7H,3H2,1-2H3,(H,13,18)(H,12,15,17). The van der Waals surface area contributed by atoms with Crippen LogP contribution in [-0.4, -0.2) is 48.2 Å². The lowest BCUT2D eigenvalue weighted by atomic mass is 10.6. The molecular formula is C10H12FN3O7S2. The molecular weight excluding hydrogens is 357 g/mol. The van der Waals surface area contributed by atoms with E-state index in [2.05, 4.69) is 4.74 Å². The Morgan fingerprint density at radius 1 is 1.48 bits per heavy atom. The number of H-pyrrole nitrogens is 1. The Kier molecular flexibility index (Phi) is 6.09. The molecule has 0 saturated heterocycles. The van der Waals surface area contributed by atoms with E-state index in [0.29, 0.717) is 6.20 Å². The van der Waals surface area contributed by atoms with Crippen LogP contribution in [0, 0.1) is 5.82 Å². The third kappa shape index (κ3) is 5.52. The molecule has 0 saturated carbocycles. The Bertz CT molecular complexity index is 830. The van der Waals surface area contributed by atoms with Gasteiger partial charge in [-0.25, -0.2) is 27.4 Å². The highest BCUT2D eigenvalue weighted by Gasteiger charge is 2.28. The number of amides is 1. The van der Waals surface area contributed by atoms with Gasteiger partial charge in [0.2, 0.25) is 14.7 Å². The first-order valence-electron chi connectivity index (χ1n) is 5.92. The van der Waals surface area contributed by atoms with Crippen molar-refractivity contribution in [3.63, 3.8) is 0 Å². The minimum Gasteiger partial charge on any atom is -0.464 e. The van der Waals surface area contributed by atoms with E-state index in [0.717, 1.165) is 6.26 Å². The second-order valence-electron chi connectivity index (χ2n) is 3.99. The molecule has 0 bridgehead atoms. The van der Waals surface area contributed by atoms with Gasteiger partial charge in [0.1, 0.15) is 0 Å². The smallest absolute Gasteiger partial charge is 0.340 e. The molecule has 0 radical (unpaired) electrons. The van der Waals surface area contributed by atoms with Gasteiger partial charge in [-0.3, -0.25) is 9.78 Å². The Labute approximate surface area is 132 Å². The number of ether oxygens (including phenoxy) is 1. The number of nitrogens with zero attached hydrogens (tertiary/aromatic N) is 1. The Morgan fingerprint density at radius 3 is 2.61 bits per heavy atom. The zero-order valence-electron chi connectivity index (χ0n) is 11.9. The lowest BCUT2D eigenvalue weighted by Crippen LogP contribution is -2.46. The molecule has 0 aliphatic rings. The summed E-state index contributed by atoms with van der Waals surface area (Å²) >= 11 is 0. The van der Waals surface area contributed by atoms with Crippen LogP contribution in [0.4, 0.5) is 9.18 Å². The number of halogens is 1. The molecule has 1 aromatic heterocycles. The number of carbonyl (C=O) groups is 2. The van der Waals surface area contributed by atoms with Gasteiger partial charge in [-0.15, -0.1) is 0 Å². The second kappa shape index (κ2) is 7.41. The number of aromatic nitrogens is 2. The maximum absolute atomic E-state index is 13.1. The molecule has 1 atom stereocenters. The van der Waals surface area contributed by atoms with Gasteiger partial charge in [-0.1, -0.05) is 0 Å². The molecule has 1 heterocycles. The van der Waals surface area contributed by atoms with Crippen molar-refractivity contribution in [1.29, 1.82) is 0 Å². The lowest BCUT2D eigenvalue weighted by molar-refractivity contribution is -0.142. The van der Waals surface area contributed by atoms with Gasteiger partial charge >= 0.3 is 17.7 Å². The van der Waals surface area contributed by atoms with Crippen LogP contribution in [0.5, 0.6) is 0 Å². The number of nitrogens with one attached hydrogen (secondary N) is 2. The van der Waals surface area contributed by atoms with E-state index in [1.165, 1.54) is 11.9 Å². The van der Waals surface area contributed by atoms with Gasteiger partial charge in [0, 0.05) is 17.0 Å². The SMILES string of the molecule is CCOC(=O)C(NC(=O)n1cc(F)c(=O)[nH]c1=O)SS(C)(=O)=O. The maximum atomic E-state index is 13.1. The fraction of sp³-hybridized carbons (Fsp3) is 0.400. The molecule has 0 spiro atoms.